The number of hydrogen-bond donors (Lipinski definition) is 1. The van der Waals surface area contributed by atoms with Gasteiger partial charge in [-0.1, -0.05) is 28.1 Å². The van der Waals surface area contributed by atoms with Crippen LogP contribution in [0.2, 0.25) is 0 Å². The summed E-state index contributed by atoms with van der Waals surface area (Å²) >= 11 is 3.44. The highest BCUT2D eigenvalue weighted by atomic mass is 79.9. The van der Waals surface area contributed by atoms with E-state index in [0.29, 0.717) is 13.2 Å². The molecule has 0 aliphatic heterocycles. The Hall–Kier alpha value is -0.800. The molecule has 0 aromatic heterocycles. The molecule has 2 N–H and O–H groups in total. The summed E-state index contributed by atoms with van der Waals surface area (Å²) in [6, 6.07) is 5.92. The fourth-order valence-corrected chi connectivity index (χ4v) is 1.26. The molecule has 14 heavy (non-hydrogen) atoms. The molecule has 0 unspecified atom stereocenters. The van der Waals surface area contributed by atoms with Crippen LogP contribution in [-0.4, -0.2) is 13.2 Å². The van der Waals surface area contributed by atoms with Gasteiger partial charge in [0.2, 0.25) is 0 Å². The quantitative estimate of drug-likeness (QED) is 0.840. The second-order valence-electron chi connectivity index (χ2n) is 2.93. The zero-order valence-electron chi connectivity index (χ0n) is 8.16. The highest BCUT2D eigenvalue weighted by Crippen LogP contribution is 2.21. The van der Waals surface area contributed by atoms with E-state index in [9.17, 15) is 0 Å². The van der Waals surface area contributed by atoms with Gasteiger partial charge in [-0.05, 0) is 30.7 Å². The number of benzene rings is 1. The van der Waals surface area contributed by atoms with Gasteiger partial charge >= 0.3 is 0 Å². The van der Waals surface area contributed by atoms with E-state index in [0.717, 1.165) is 10.2 Å². The summed E-state index contributed by atoms with van der Waals surface area (Å²) in [4.78, 5) is 0. The van der Waals surface area contributed by atoms with Crippen molar-refractivity contribution in [1.29, 1.82) is 0 Å². The molecule has 1 aromatic rings. The van der Waals surface area contributed by atoms with Crippen LogP contribution in [0.3, 0.4) is 0 Å². The van der Waals surface area contributed by atoms with Gasteiger partial charge in [-0.2, -0.15) is 0 Å². The van der Waals surface area contributed by atoms with Gasteiger partial charge in [-0.3, -0.25) is 0 Å². The molecule has 0 saturated carbocycles. The van der Waals surface area contributed by atoms with Crippen molar-refractivity contribution in [2.24, 2.45) is 5.73 Å². The number of nitrogens with two attached hydrogens (primary N) is 1. The Morgan fingerprint density at radius 2 is 2.21 bits per heavy atom. The van der Waals surface area contributed by atoms with Crippen LogP contribution < -0.4 is 10.5 Å². The van der Waals surface area contributed by atoms with Crippen LogP contribution >= 0.6 is 15.9 Å². The standard InChI is InChI=1S/C11H14BrNO/c1-9-8-10(4-5-11(9)12)14-7-3-2-6-13/h2-5,8H,6-7,13H2,1H3/b3-2+. The maximum Gasteiger partial charge on any atom is 0.120 e. The third-order valence-electron chi connectivity index (χ3n) is 1.78. The van der Waals surface area contributed by atoms with E-state index in [1.807, 2.05) is 37.3 Å². The van der Waals surface area contributed by atoms with Crippen LogP contribution in [-0.2, 0) is 0 Å². The van der Waals surface area contributed by atoms with Gasteiger partial charge in [0, 0.05) is 11.0 Å². The van der Waals surface area contributed by atoms with E-state index in [2.05, 4.69) is 15.9 Å². The first-order valence-corrected chi connectivity index (χ1v) is 5.27. The van der Waals surface area contributed by atoms with Crippen molar-refractivity contribution in [2.45, 2.75) is 6.92 Å². The second-order valence-corrected chi connectivity index (χ2v) is 3.78. The van der Waals surface area contributed by atoms with E-state index in [4.69, 9.17) is 10.5 Å². The normalized spacial score (nSPS) is 10.8. The maximum atomic E-state index is 5.48. The monoisotopic (exact) mass is 255 g/mol. The number of aryl methyl sites for hydroxylation is 1. The maximum absolute atomic E-state index is 5.48. The summed E-state index contributed by atoms with van der Waals surface area (Å²) in [6.45, 7) is 3.16. The zero-order valence-corrected chi connectivity index (χ0v) is 9.75. The molecule has 0 spiro atoms. The average Bonchev–Trinajstić information content (AvgIpc) is 2.18. The minimum atomic E-state index is 0.558. The van der Waals surface area contributed by atoms with Crippen LogP contribution in [0.5, 0.6) is 5.75 Å². The molecule has 0 fully saturated rings. The molecule has 0 aliphatic carbocycles. The van der Waals surface area contributed by atoms with Crippen LogP contribution in [0.25, 0.3) is 0 Å². The fourth-order valence-electron chi connectivity index (χ4n) is 1.02. The largest absolute Gasteiger partial charge is 0.490 e. The van der Waals surface area contributed by atoms with Gasteiger partial charge in [-0.15, -0.1) is 0 Å². The minimum absolute atomic E-state index is 0.558. The summed E-state index contributed by atoms with van der Waals surface area (Å²) in [6.07, 6.45) is 3.79. The molecule has 0 bridgehead atoms. The predicted molar refractivity (Wildman–Crippen MR) is 62.6 cm³/mol. The van der Waals surface area contributed by atoms with Crippen molar-refractivity contribution in [3.63, 3.8) is 0 Å². The lowest BCUT2D eigenvalue weighted by molar-refractivity contribution is 0.362. The SMILES string of the molecule is Cc1cc(OC/C=C/CN)ccc1Br. The van der Waals surface area contributed by atoms with E-state index < -0.39 is 0 Å². The first-order chi connectivity index (χ1) is 6.74. The Morgan fingerprint density at radius 3 is 2.86 bits per heavy atom. The molecular weight excluding hydrogens is 242 g/mol. The van der Waals surface area contributed by atoms with Gasteiger partial charge < -0.3 is 10.5 Å². The lowest BCUT2D eigenvalue weighted by atomic mass is 10.2. The van der Waals surface area contributed by atoms with Crippen LogP contribution in [0.1, 0.15) is 5.56 Å². The smallest absolute Gasteiger partial charge is 0.120 e. The molecule has 0 amide bonds. The summed E-state index contributed by atoms with van der Waals surface area (Å²) in [5.74, 6) is 0.882. The fraction of sp³-hybridized carbons (Fsp3) is 0.273. The number of ether oxygens (including phenoxy) is 1. The number of rotatable bonds is 4. The predicted octanol–water partition coefficient (Wildman–Crippen LogP) is 2.65. The van der Waals surface area contributed by atoms with Crippen LogP contribution in [0.4, 0.5) is 0 Å². The van der Waals surface area contributed by atoms with Crippen molar-refractivity contribution in [2.75, 3.05) is 13.2 Å². The molecule has 0 atom stereocenters. The highest BCUT2D eigenvalue weighted by molar-refractivity contribution is 9.10. The van der Waals surface area contributed by atoms with E-state index >= 15 is 0 Å². The lowest BCUT2D eigenvalue weighted by Crippen LogP contribution is -1.97. The van der Waals surface area contributed by atoms with Crippen LogP contribution in [0.15, 0.2) is 34.8 Å². The minimum Gasteiger partial charge on any atom is -0.490 e. The van der Waals surface area contributed by atoms with Gasteiger partial charge in [-0.25, -0.2) is 0 Å². The zero-order chi connectivity index (χ0) is 10.4. The Bertz CT molecular complexity index is 323. The molecule has 1 rings (SSSR count). The summed E-state index contributed by atoms with van der Waals surface area (Å²) in [5, 5.41) is 0. The molecule has 1 aromatic carbocycles. The summed E-state index contributed by atoms with van der Waals surface area (Å²) in [7, 11) is 0. The molecule has 0 aliphatic rings. The summed E-state index contributed by atoms with van der Waals surface area (Å²) < 4.78 is 6.58. The van der Waals surface area contributed by atoms with Crippen molar-refractivity contribution >= 4 is 15.9 Å². The van der Waals surface area contributed by atoms with Crippen molar-refractivity contribution < 1.29 is 4.74 Å². The van der Waals surface area contributed by atoms with Crippen molar-refractivity contribution in [1.82, 2.24) is 0 Å². The van der Waals surface area contributed by atoms with Crippen molar-refractivity contribution in [3.05, 3.63) is 40.4 Å². The number of hydrogen-bond acceptors (Lipinski definition) is 2. The van der Waals surface area contributed by atoms with E-state index in [1.54, 1.807) is 0 Å². The Labute approximate surface area is 92.9 Å². The molecule has 76 valence electrons. The highest BCUT2D eigenvalue weighted by Gasteiger charge is 1.96. The van der Waals surface area contributed by atoms with E-state index in [-0.39, 0.29) is 0 Å². The lowest BCUT2D eigenvalue weighted by Gasteiger charge is -2.04. The molecule has 3 heteroatoms. The molecule has 2 nitrogen and oxygen atoms in total. The Kier molecular flexibility index (Phi) is 4.70. The first-order valence-electron chi connectivity index (χ1n) is 4.48. The van der Waals surface area contributed by atoms with Gasteiger partial charge in [0.25, 0.3) is 0 Å². The Balaban J connectivity index is 2.51. The molecular formula is C11H14BrNO. The molecule has 0 saturated heterocycles. The first kappa shape index (κ1) is 11.3. The average molecular weight is 256 g/mol. The third-order valence-corrected chi connectivity index (χ3v) is 2.67. The van der Waals surface area contributed by atoms with Crippen molar-refractivity contribution in [3.8, 4) is 5.75 Å². The Morgan fingerprint density at radius 1 is 1.43 bits per heavy atom. The second kappa shape index (κ2) is 5.83. The summed E-state index contributed by atoms with van der Waals surface area (Å²) in [5.41, 5.74) is 6.47. The molecule has 0 heterocycles. The van der Waals surface area contributed by atoms with E-state index in [1.165, 1.54) is 5.56 Å². The van der Waals surface area contributed by atoms with Gasteiger partial charge in [0.15, 0.2) is 0 Å². The molecule has 0 radical (unpaired) electrons. The third kappa shape index (κ3) is 3.52. The van der Waals surface area contributed by atoms with Gasteiger partial charge in [0.05, 0.1) is 0 Å². The topological polar surface area (TPSA) is 35.2 Å². The van der Waals surface area contributed by atoms with Gasteiger partial charge in [0.1, 0.15) is 12.4 Å². The number of halogens is 1. The van der Waals surface area contributed by atoms with Crippen LogP contribution in [0, 0.1) is 6.92 Å².